The van der Waals surface area contributed by atoms with E-state index in [0.29, 0.717) is 10.6 Å². The van der Waals surface area contributed by atoms with Gasteiger partial charge in [-0.05, 0) is 48.9 Å². The molecule has 0 fully saturated rings. The number of sulfonamides is 1. The molecule has 0 bridgehead atoms. The molecular weight excluding hydrogens is 373 g/mol. The van der Waals surface area contributed by atoms with Crippen LogP contribution < -0.4 is 4.31 Å². The van der Waals surface area contributed by atoms with Crippen molar-refractivity contribution >= 4 is 27.3 Å². The molecule has 3 nitrogen and oxygen atoms in total. The minimum atomic E-state index is -3.94. The van der Waals surface area contributed by atoms with Gasteiger partial charge in [0.2, 0.25) is 0 Å². The smallest absolute Gasteiger partial charge is 0.259 e. The molecule has 0 heterocycles. The third kappa shape index (κ3) is 3.89. The van der Waals surface area contributed by atoms with Crippen molar-refractivity contribution in [3.05, 3.63) is 94.8 Å². The maximum atomic E-state index is 14.4. The first kappa shape index (κ1) is 18.4. The number of para-hydroxylation sites is 1. The molecule has 0 aliphatic heterocycles. The summed E-state index contributed by atoms with van der Waals surface area (Å²) < 4.78 is 41.9. The molecule has 0 unspecified atom stereocenters. The van der Waals surface area contributed by atoms with Gasteiger partial charge in [0.25, 0.3) is 10.0 Å². The molecule has 3 aromatic rings. The Balaban J connectivity index is 2.09. The van der Waals surface area contributed by atoms with Gasteiger partial charge in [0.15, 0.2) is 0 Å². The van der Waals surface area contributed by atoms with Gasteiger partial charge >= 0.3 is 0 Å². The van der Waals surface area contributed by atoms with E-state index in [1.54, 1.807) is 42.5 Å². The van der Waals surface area contributed by atoms with Crippen LogP contribution >= 0.6 is 11.6 Å². The Morgan fingerprint density at radius 3 is 2.15 bits per heavy atom. The standard InChI is InChI=1S/C20H17ClFNO2S/c1-15-6-12-18(13-7-15)26(24,25)23(20-5-3-2-4-19(20)22)14-16-8-10-17(21)11-9-16/h2-13H,14H2,1H3. The molecule has 0 amide bonds. The van der Waals surface area contributed by atoms with Gasteiger partial charge < -0.3 is 0 Å². The lowest BCUT2D eigenvalue weighted by molar-refractivity contribution is 0.584. The lowest BCUT2D eigenvalue weighted by Gasteiger charge is -2.25. The van der Waals surface area contributed by atoms with Gasteiger partial charge in [0, 0.05) is 5.02 Å². The Hall–Kier alpha value is -2.37. The van der Waals surface area contributed by atoms with Crippen LogP contribution in [0.25, 0.3) is 0 Å². The van der Waals surface area contributed by atoms with Crippen molar-refractivity contribution in [1.29, 1.82) is 0 Å². The summed E-state index contributed by atoms with van der Waals surface area (Å²) in [4.78, 5) is 0.111. The molecule has 0 atom stereocenters. The summed E-state index contributed by atoms with van der Waals surface area (Å²) in [7, 11) is -3.94. The fraction of sp³-hybridized carbons (Fsp3) is 0.100. The van der Waals surface area contributed by atoms with Gasteiger partial charge in [0.05, 0.1) is 17.1 Å². The molecule has 0 saturated carbocycles. The largest absolute Gasteiger partial charge is 0.264 e. The summed E-state index contributed by atoms with van der Waals surface area (Å²) in [5, 5.41) is 0.549. The molecule has 0 saturated heterocycles. The average molecular weight is 390 g/mol. The van der Waals surface area contributed by atoms with Crippen LogP contribution in [0.2, 0.25) is 5.02 Å². The number of nitrogens with zero attached hydrogens (tertiary/aromatic N) is 1. The van der Waals surface area contributed by atoms with Crippen molar-refractivity contribution in [2.75, 3.05) is 4.31 Å². The number of rotatable bonds is 5. The Kier molecular flexibility index (Phi) is 5.30. The van der Waals surface area contributed by atoms with Gasteiger partial charge in [-0.1, -0.05) is 53.6 Å². The van der Waals surface area contributed by atoms with Gasteiger partial charge in [0.1, 0.15) is 5.82 Å². The minimum absolute atomic E-state index is 0.00280. The van der Waals surface area contributed by atoms with E-state index < -0.39 is 15.8 Å². The Morgan fingerprint density at radius 1 is 0.923 bits per heavy atom. The van der Waals surface area contributed by atoms with E-state index in [1.165, 1.54) is 30.3 Å². The van der Waals surface area contributed by atoms with Crippen LogP contribution in [0, 0.1) is 12.7 Å². The maximum absolute atomic E-state index is 14.4. The highest BCUT2D eigenvalue weighted by atomic mass is 35.5. The molecule has 3 rings (SSSR count). The zero-order chi connectivity index (χ0) is 18.7. The van der Waals surface area contributed by atoms with E-state index in [9.17, 15) is 12.8 Å². The predicted octanol–water partition coefficient (Wildman–Crippen LogP) is 5.18. The van der Waals surface area contributed by atoms with E-state index in [2.05, 4.69) is 0 Å². The highest BCUT2D eigenvalue weighted by molar-refractivity contribution is 7.92. The highest BCUT2D eigenvalue weighted by Crippen LogP contribution is 2.28. The molecule has 6 heteroatoms. The topological polar surface area (TPSA) is 37.4 Å². The maximum Gasteiger partial charge on any atom is 0.264 e. The first-order valence-electron chi connectivity index (χ1n) is 7.96. The average Bonchev–Trinajstić information content (AvgIpc) is 2.62. The third-order valence-corrected chi connectivity index (χ3v) is 6.00. The normalized spacial score (nSPS) is 11.3. The Labute approximate surface area is 157 Å². The van der Waals surface area contributed by atoms with Gasteiger partial charge in [-0.2, -0.15) is 0 Å². The molecular formula is C20H17ClFNO2S. The minimum Gasteiger partial charge on any atom is -0.259 e. The third-order valence-electron chi connectivity index (χ3n) is 3.97. The van der Waals surface area contributed by atoms with E-state index >= 15 is 0 Å². The number of hydrogen-bond acceptors (Lipinski definition) is 2. The van der Waals surface area contributed by atoms with Crippen LogP contribution in [0.4, 0.5) is 10.1 Å². The number of halogens is 2. The van der Waals surface area contributed by atoms with Crippen molar-refractivity contribution in [3.8, 4) is 0 Å². The van der Waals surface area contributed by atoms with Crippen LogP contribution in [0.1, 0.15) is 11.1 Å². The van der Waals surface area contributed by atoms with Crippen molar-refractivity contribution in [2.24, 2.45) is 0 Å². The molecule has 0 radical (unpaired) electrons. The summed E-state index contributed by atoms with van der Waals surface area (Å²) in [6.45, 7) is 1.87. The molecule has 0 aliphatic rings. The van der Waals surface area contributed by atoms with Crippen LogP contribution in [0.3, 0.4) is 0 Å². The van der Waals surface area contributed by atoms with E-state index in [0.717, 1.165) is 9.87 Å². The van der Waals surface area contributed by atoms with Gasteiger partial charge in [-0.15, -0.1) is 0 Å². The number of aryl methyl sites for hydroxylation is 1. The molecule has 0 N–H and O–H groups in total. The van der Waals surface area contributed by atoms with Crippen molar-refractivity contribution in [2.45, 2.75) is 18.4 Å². The monoisotopic (exact) mass is 389 g/mol. The Morgan fingerprint density at radius 2 is 1.54 bits per heavy atom. The molecule has 0 spiro atoms. The Bertz CT molecular complexity index is 1000. The van der Waals surface area contributed by atoms with Crippen molar-refractivity contribution in [3.63, 3.8) is 0 Å². The summed E-state index contributed by atoms with van der Waals surface area (Å²) in [5.41, 5.74) is 1.65. The number of hydrogen-bond donors (Lipinski definition) is 0. The highest BCUT2D eigenvalue weighted by Gasteiger charge is 2.27. The molecule has 26 heavy (non-hydrogen) atoms. The second-order valence-corrected chi connectivity index (χ2v) is 8.20. The second kappa shape index (κ2) is 7.48. The van der Waals surface area contributed by atoms with E-state index in [1.807, 2.05) is 6.92 Å². The lowest BCUT2D eigenvalue weighted by Crippen LogP contribution is -2.31. The fourth-order valence-corrected chi connectivity index (χ4v) is 4.13. The molecule has 3 aromatic carbocycles. The first-order chi connectivity index (χ1) is 12.4. The van der Waals surface area contributed by atoms with Gasteiger partial charge in [-0.25, -0.2) is 12.8 Å². The van der Waals surface area contributed by atoms with Crippen LogP contribution in [0.15, 0.2) is 77.7 Å². The zero-order valence-corrected chi connectivity index (χ0v) is 15.6. The number of anilines is 1. The van der Waals surface area contributed by atoms with Crippen LogP contribution in [0.5, 0.6) is 0 Å². The van der Waals surface area contributed by atoms with E-state index in [4.69, 9.17) is 11.6 Å². The molecule has 134 valence electrons. The first-order valence-corrected chi connectivity index (χ1v) is 9.78. The zero-order valence-electron chi connectivity index (χ0n) is 14.1. The SMILES string of the molecule is Cc1ccc(S(=O)(=O)N(Cc2ccc(Cl)cc2)c2ccccc2F)cc1. The summed E-state index contributed by atoms with van der Waals surface area (Å²) in [6.07, 6.45) is 0. The molecule has 0 aromatic heterocycles. The van der Waals surface area contributed by atoms with Crippen molar-refractivity contribution < 1.29 is 12.8 Å². The van der Waals surface area contributed by atoms with E-state index in [-0.39, 0.29) is 17.1 Å². The quantitative estimate of drug-likeness (QED) is 0.602. The summed E-state index contributed by atoms with van der Waals surface area (Å²) in [5.74, 6) is -0.600. The summed E-state index contributed by atoms with van der Waals surface area (Å²) in [6, 6.07) is 19.1. The predicted molar refractivity (Wildman–Crippen MR) is 102 cm³/mol. The van der Waals surface area contributed by atoms with Gasteiger partial charge in [-0.3, -0.25) is 4.31 Å². The summed E-state index contributed by atoms with van der Waals surface area (Å²) >= 11 is 5.90. The molecule has 0 aliphatic carbocycles. The van der Waals surface area contributed by atoms with Crippen molar-refractivity contribution in [1.82, 2.24) is 0 Å². The second-order valence-electron chi connectivity index (χ2n) is 5.90. The van der Waals surface area contributed by atoms with Crippen LogP contribution in [-0.4, -0.2) is 8.42 Å². The number of benzene rings is 3. The lowest BCUT2D eigenvalue weighted by atomic mass is 10.2. The van der Waals surface area contributed by atoms with Crippen LogP contribution in [-0.2, 0) is 16.6 Å². The fourth-order valence-electron chi connectivity index (χ4n) is 2.55.